The van der Waals surface area contributed by atoms with Crippen LogP contribution < -0.4 is 10.5 Å². The number of rotatable bonds is 7. The summed E-state index contributed by atoms with van der Waals surface area (Å²) in [4.78, 5) is 40.3. The molecule has 12 nitrogen and oxygen atoms in total. The highest BCUT2D eigenvalue weighted by atomic mass is 16.7. The van der Waals surface area contributed by atoms with Gasteiger partial charge >= 0.3 is 0 Å². The molecule has 2 aromatic rings. The minimum Gasteiger partial charge on any atom is -0.507 e. The van der Waals surface area contributed by atoms with E-state index in [9.17, 15) is 34.8 Å². The predicted octanol–water partition coefficient (Wildman–Crippen LogP) is 2.36. The van der Waals surface area contributed by atoms with Crippen LogP contribution in [-0.4, -0.2) is 87.7 Å². The van der Waals surface area contributed by atoms with Gasteiger partial charge in [0.1, 0.15) is 29.5 Å². The number of aliphatic hydroxyl groups excluding tert-OH is 1. The molecule has 4 aliphatic rings. The van der Waals surface area contributed by atoms with Gasteiger partial charge in [-0.15, -0.1) is 0 Å². The summed E-state index contributed by atoms with van der Waals surface area (Å²) >= 11 is 0. The molecule has 2 fully saturated rings. The van der Waals surface area contributed by atoms with Gasteiger partial charge in [-0.25, -0.2) is 0 Å². The number of carbonyl (C=O) groups is 3. The van der Waals surface area contributed by atoms with E-state index in [0.717, 1.165) is 19.3 Å². The van der Waals surface area contributed by atoms with Crippen LogP contribution >= 0.6 is 0 Å². The minimum absolute atomic E-state index is 0.00568. The maximum absolute atomic E-state index is 13.8. The topological polar surface area (TPSA) is 195 Å². The third-order valence-electron chi connectivity index (χ3n) is 9.70. The fourth-order valence-electron chi connectivity index (χ4n) is 7.36. The van der Waals surface area contributed by atoms with E-state index in [4.69, 9.17) is 24.7 Å². The molecular weight excluding hydrogens is 586 g/mol. The first-order chi connectivity index (χ1) is 21.4. The zero-order chi connectivity index (χ0) is 32.3. The summed E-state index contributed by atoms with van der Waals surface area (Å²) in [5, 5.41) is 44.4. The number of carbonyl (C=O) groups excluding carboxylic acids is 3. The Bertz CT molecular complexity index is 1550. The Morgan fingerprint density at radius 1 is 1.02 bits per heavy atom. The summed E-state index contributed by atoms with van der Waals surface area (Å²) in [5.41, 5.74) is 2.68. The molecule has 1 aliphatic heterocycles. The Labute approximate surface area is 260 Å². The second-order valence-corrected chi connectivity index (χ2v) is 12.8. The fourth-order valence-corrected chi connectivity index (χ4v) is 7.36. The highest BCUT2D eigenvalue weighted by Crippen LogP contribution is 2.53. The lowest BCUT2D eigenvalue weighted by molar-refractivity contribution is -0.214. The van der Waals surface area contributed by atoms with E-state index in [1.54, 1.807) is 0 Å². The monoisotopic (exact) mass is 625 g/mol. The van der Waals surface area contributed by atoms with E-state index in [0.29, 0.717) is 25.9 Å². The Morgan fingerprint density at radius 2 is 1.78 bits per heavy atom. The van der Waals surface area contributed by atoms with Crippen LogP contribution in [0.1, 0.15) is 101 Å². The molecule has 1 heterocycles. The number of aromatic hydroxyl groups is 2. The number of phenols is 2. The molecule has 45 heavy (non-hydrogen) atoms. The summed E-state index contributed by atoms with van der Waals surface area (Å²) < 4.78 is 23.8. The van der Waals surface area contributed by atoms with Gasteiger partial charge in [-0.3, -0.25) is 14.4 Å². The van der Waals surface area contributed by atoms with Crippen molar-refractivity contribution in [2.24, 2.45) is 5.73 Å². The molecule has 3 aliphatic carbocycles. The number of hydrogen-bond donors (Lipinski definition) is 5. The highest BCUT2D eigenvalue weighted by molar-refractivity contribution is 6.31. The molecular formula is C33H39NO11. The first kappa shape index (κ1) is 31.6. The first-order valence-corrected chi connectivity index (χ1v) is 15.3. The van der Waals surface area contributed by atoms with Crippen molar-refractivity contribution in [2.75, 3.05) is 20.3 Å². The van der Waals surface area contributed by atoms with Crippen LogP contribution in [-0.2, 0) is 25.4 Å². The van der Waals surface area contributed by atoms with Gasteiger partial charge in [-0.1, -0.05) is 12.1 Å². The minimum atomic E-state index is -2.18. The zero-order valence-corrected chi connectivity index (χ0v) is 25.3. The van der Waals surface area contributed by atoms with Crippen LogP contribution in [0, 0.1) is 0 Å². The van der Waals surface area contributed by atoms with Gasteiger partial charge in [0, 0.05) is 41.7 Å². The number of ketones is 3. The number of fused-ring (bicyclic) bond motifs is 3. The molecule has 6 atom stereocenters. The molecule has 1 saturated heterocycles. The molecule has 0 spiro atoms. The van der Waals surface area contributed by atoms with Crippen molar-refractivity contribution in [2.45, 2.75) is 94.0 Å². The van der Waals surface area contributed by atoms with Gasteiger partial charge in [0.2, 0.25) is 5.78 Å². The van der Waals surface area contributed by atoms with Crippen molar-refractivity contribution in [3.8, 4) is 17.2 Å². The SMILES string of the molecule is COc1cccc2c1C(=O)c1c(O)c3c(c(O)c1C2=O)C[C@@](O)(C(=O)CO)C[C@@H]3O[C@@H]1CC[C@@H](O[C@@H]2CCCCO2)C(C)(N)C1. The van der Waals surface area contributed by atoms with Crippen LogP contribution in [0.5, 0.6) is 17.2 Å². The number of phenolic OH excluding ortho intramolecular Hbond substituents is 2. The van der Waals surface area contributed by atoms with Gasteiger partial charge in [-0.2, -0.15) is 0 Å². The Kier molecular flexibility index (Phi) is 8.25. The Hall–Kier alpha value is -3.39. The lowest BCUT2D eigenvalue weighted by Gasteiger charge is -2.45. The molecule has 0 bridgehead atoms. The van der Waals surface area contributed by atoms with Crippen LogP contribution in [0.25, 0.3) is 0 Å². The quantitative estimate of drug-likeness (QED) is 0.241. The number of aliphatic hydroxyl groups is 2. The van der Waals surface area contributed by atoms with Crippen LogP contribution in [0.2, 0.25) is 0 Å². The van der Waals surface area contributed by atoms with Crippen LogP contribution in [0.4, 0.5) is 0 Å². The molecule has 0 aromatic heterocycles. The van der Waals surface area contributed by atoms with Gasteiger partial charge in [0.15, 0.2) is 17.9 Å². The largest absolute Gasteiger partial charge is 0.507 e. The van der Waals surface area contributed by atoms with E-state index in [1.807, 2.05) is 6.92 Å². The molecule has 242 valence electrons. The average molecular weight is 626 g/mol. The number of benzene rings is 2. The maximum Gasteiger partial charge on any atom is 0.202 e. The van der Waals surface area contributed by atoms with Crippen molar-refractivity contribution < 1.29 is 53.8 Å². The molecule has 1 unspecified atom stereocenters. The van der Waals surface area contributed by atoms with Gasteiger partial charge in [0.25, 0.3) is 0 Å². The Morgan fingerprint density at radius 3 is 2.44 bits per heavy atom. The van der Waals surface area contributed by atoms with Crippen molar-refractivity contribution in [1.82, 2.24) is 0 Å². The van der Waals surface area contributed by atoms with Crippen molar-refractivity contribution in [3.05, 3.63) is 51.6 Å². The molecule has 12 heteroatoms. The third kappa shape index (κ3) is 5.33. The molecule has 6 N–H and O–H groups in total. The molecule has 6 rings (SSSR count). The summed E-state index contributed by atoms with van der Waals surface area (Å²) in [6.45, 7) is 1.51. The van der Waals surface area contributed by atoms with Crippen molar-refractivity contribution in [1.29, 1.82) is 0 Å². The Balaban J connectivity index is 1.38. The first-order valence-electron chi connectivity index (χ1n) is 15.3. The lowest BCUT2D eigenvalue weighted by atomic mass is 9.71. The highest BCUT2D eigenvalue weighted by Gasteiger charge is 2.50. The van der Waals surface area contributed by atoms with Crippen LogP contribution in [0.3, 0.4) is 0 Å². The third-order valence-corrected chi connectivity index (χ3v) is 9.70. The molecule has 0 amide bonds. The zero-order valence-electron chi connectivity index (χ0n) is 25.3. The number of ether oxygens (including phenoxy) is 4. The lowest BCUT2D eigenvalue weighted by Crippen LogP contribution is -2.56. The average Bonchev–Trinajstić information content (AvgIpc) is 3.02. The standard InChI is InChI=1S/C33H39NO11/c1-32(34)12-16(9-10-22(32)45-23-8-3-4-11-43-23)44-20-14-33(41,21(36)15-35)13-18-25(20)31(40)27-26(29(18)38)28(37)17-6-5-7-19(42-2)24(17)30(27)39/h5-7,16,20,22-23,35,38,40-41H,3-4,8-15,34H2,1-2H3/t16-,20+,22-,23-,32?,33+/m1/s1. The number of hydrogen-bond acceptors (Lipinski definition) is 12. The predicted molar refractivity (Wildman–Crippen MR) is 158 cm³/mol. The summed E-state index contributed by atoms with van der Waals surface area (Å²) in [7, 11) is 1.35. The van der Waals surface area contributed by atoms with Crippen LogP contribution in [0.15, 0.2) is 18.2 Å². The van der Waals surface area contributed by atoms with E-state index in [2.05, 4.69) is 0 Å². The maximum atomic E-state index is 13.8. The second-order valence-electron chi connectivity index (χ2n) is 12.8. The van der Waals surface area contributed by atoms with Crippen molar-refractivity contribution >= 4 is 17.3 Å². The second kappa shape index (κ2) is 11.8. The molecule has 1 saturated carbocycles. The number of Topliss-reactive ketones (excluding diaryl/α,β-unsaturated/α-hetero) is 1. The summed E-state index contributed by atoms with van der Waals surface area (Å²) in [6, 6.07) is 4.46. The fraction of sp³-hybridized carbons (Fsp3) is 0.545. The summed E-state index contributed by atoms with van der Waals surface area (Å²) in [6.07, 6.45) is 0.865. The molecule has 2 aromatic carbocycles. The molecule has 0 radical (unpaired) electrons. The van der Waals surface area contributed by atoms with E-state index < -0.39 is 76.4 Å². The smallest absolute Gasteiger partial charge is 0.202 e. The van der Waals surface area contributed by atoms with E-state index in [-0.39, 0.29) is 46.8 Å². The van der Waals surface area contributed by atoms with Gasteiger partial charge < -0.3 is 45.1 Å². The van der Waals surface area contributed by atoms with E-state index >= 15 is 0 Å². The normalized spacial score (nSPS) is 31.1. The number of methoxy groups -OCH3 is 1. The van der Waals surface area contributed by atoms with Crippen molar-refractivity contribution in [3.63, 3.8) is 0 Å². The summed E-state index contributed by atoms with van der Waals surface area (Å²) in [5.74, 6) is -3.47. The van der Waals surface area contributed by atoms with Gasteiger partial charge in [-0.05, 0) is 51.5 Å². The van der Waals surface area contributed by atoms with Gasteiger partial charge in [0.05, 0.1) is 42.1 Å². The number of nitrogens with two attached hydrogens (primary N) is 1. The van der Waals surface area contributed by atoms with E-state index in [1.165, 1.54) is 25.3 Å².